The molecule has 4 unspecified atom stereocenters. The molecule has 2 aromatic carbocycles. The van der Waals surface area contributed by atoms with Crippen LogP contribution in [-0.2, 0) is 9.59 Å². The highest BCUT2D eigenvalue weighted by Crippen LogP contribution is 2.60. The van der Waals surface area contributed by atoms with Crippen LogP contribution in [0.4, 0.5) is 0 Å². The average molecular weight is 419 g/mol. The third-order valence-electron chi connectivity index (χ3n) is 7.03. The molecule has 2 aliphatic carbocycles. The van der Waals surface area contributed by atoms with Crippen molar-refractivity contribution in [2.45, 2.75) is 41.5 Å². The summed E-state index contributed by atoms with van der Waals surface area (Å²) in [4.78, 5) is 26.7. The summed E-state index contributed by atoms with van der Waals surface area (Å²) in [5, 5.41) is 0. The molecule has 0 spiro atoms. The normalized spacial score (nSPS) is 25.5. The Balaban J connectivity index is 1.62. The second-order valence-electron chi connectivity index (χ2n) is 9.69. The van der Waals surface area contributed by atoms with E-state index in [4.69, 9.17) is 9.47 Å². The lowest BCUT2D eigenvalue weighted by atomic mass is 9.79. The van der Waals surface area contributed by atoms with Crippen LogP contribution >= 0.6 is 0 Å². The molecule has 0 aliphatic heterocycles. The fraction of sp³-hybridized carbons (Fsp3) is 0.407. The van der Waals surface area contributed by atoms with Gasteiger partial charge >= 0.3 is 11.9 Å². The van der Waals surface area contributed by atoms with Crippen molar-refractivity contribution in [3.05, 3.63) is 70.8 Å². The Morgan fingerprint density at radius 1 is 0.710 bits per heavy atom. The number of fused-ring (bicyclic) bond motifs is 2. The van der Waals surface area contributed by atoms with Gasteiger partial charge in [0.1, 0.15) is 11.5 Å². The first-order chi connectivity index (χ1) is 14.6. The second-order valence-corrected chi connectivity index (χ2v) is 9.69. The van der Waals surface area contributed by atoms with Crippen molar-refractivity contribution in [2.75, 3.05) is 0 Å². The molecule has 0 saturated heterocycles. The first kappa shape index (κ1) is 21.4. The molecule has 1 fully saturated rings. The van der Waals surface area contributed by atoms with E-state index in [9.17, 15) is 9.59 Å². The topological polar surface area (TPSA) is 52.6 Å². The molecule has 162 valence electrons. The zero-order valence-electron chi connectivity index (χ0n) is 19.1. The molecular formula is C27H30O4. The summed E-state index contributed by atoms with van der Waals surface area (Å²) in [7, 11) is 0. The number of allylic oxidation sites excluding steroid dienone is 2. The summed E-state index contributed by atoms with van der Waals surface area (Å²) in [6.07, 6.45) is 4.14. The average Bonchev–Trinajstić information content (AvgIpc) is 3.11. The summed E-state index contributed by atoms with van der Waals surface area (Å²) in [5.74, 6) is -0.894. The summed E-state index contributed by atoms with van der Waals surface area (Å²) < 4.78 is 11.6. The number of hydrogen-bond acceptors (Lipinski definition) is 4. The van der Waals surface area contributed by atoms with Crippen LogP contribution < -0.4 is 9.47 Å². The van der Waals surface area contributed by atoms with Crippen LogP contribution in [0.5, 0.6) is 11.5 Å². The van der Waals surface area contributed by atoms with Crippen LogP contribution in [0.1, 0.15) is 36.1 Å². The van der Waals surface area contributed by atoms with Crippen LogP contribution in [-0.4, -0.2) is 11.9 Å². The Bertz CT molecular complexity index is 995. The Labute approximate surface area is 184 Å². The lowest BCUT2D eigenvalue weighted by Gasteiger charge is -2.25. The van der Waals surface area contributed by atoms with Crippen LogP contribution in [0.15, 0.2) is 48.6 Å². The van der Waals surface area contributed by atoms with Crippen molar-refractivity contribution in [1.29, 1.82) is 0 Å². The molecule has 4 rings (SSSR count). The van der Waals surface area contributed by atoms with E-state index < -0.39 is 11.8 Å². The monoisotopic (exact) mass is 418 g/mol. The van der Waals surface area contributed by atoms with E-state index in [1.54, 1.807) is 0 Å². The minimum Gasteiger partial charge on any atom is -0.426 e. The summed E-state index contributed by atoms with van der Waals surface area (Å²) in [5.41, 5.74) is 3.81. The second kappa shape index (κ2) is 7.67. The number of esters is 2. The first-order valence-electron chi connectivity index (χ1n) is 10.9. The van der Waals surface area contributed by atoms with Gasteiger partial charge in [-0.05, 0) is 68.2 Å². The van der Waals surface area contributed by atoms with Crippen LogP contribution in [0.25, 0.3) is 0 Å². The molecule has 0 heterocycles. The summed E-state index contributed by atoms with van der Waals surface area (Å²) >= 11 is 0. The molecule has 4 nitrogen and oxygen atoms in total. The SMILES string of the molecule is Cc1ccc(OC(=O)C2C(C(=O)Oc3ccc(C)cc3C)C3C=CC2C3(C)C)c(C)c1. The highest BCUT2D eigenvalue weighted by atomic mass is 16.5. The molecule has 4 heteroatoms. The molecule has 2 aromatic rings. The quantitative estimate of drug-likeness (QED) is 0.373. The number of hydrogen-bond donors (Lipinski definition) is 0. The lowest BCUT2D eigenvalue weighted by Crippen LogP contribution is -2.37. The minimum atomic E-state index is -0.566. The van der Waals surface area contributed by atoms with Gasteiger partial charge in [0.25, 0.3) is 0 Å². The van der Waals surface area contributed by atoms with E-state index in [1.807, 2.05) is 64.1 Å². The molecule has 2 aliphatic rings. The maximum Gasteiger partial charge on any atom is 0.315 e. The van der Waals surface area contributed by atoms with Crippen molar-refractivity contribution in [2.24, 2.45) is 29.1 Å². The zero-order valence-corrected chi connectivity index (χ0v) is 19.1. The highest BCUT2D eigenvalue weighted by molar-refractivity contribution is 5.87. The maximum atomic E-state index is 13.3. The van der Waals surface area contributed by atoms with Crippen molar-refractivity contribution >= 4 is 11.9 Å². The molecule has 0 amide bonds. The van der Waals surface area contributed by atoms with Gasteiger partial charge in [0.05, 0.1) is 11.8 Å². The predicted molar refractivity (Wildman–Crippen MR) is 120 cm³/mol. The molecule has 1 saturated carbocycles. The Morgan fingerprint density at radius 2 is 1.10 bits per heavy atom. The van der Waals surface area contributed by atoms with E-state index in [-0.39, 0.29) is 29.2 Å². The van der Waals surface area contributed by atoms with E-state index >= 15 is 0 Å². The van der Waals surface area contributed by atoms with Gasteiger partial charge in [-0.15, -0.1) is 0 Å². The van der Waals surface area contributed by atoms with Gasteiger partial charge in [-0.2, -0.15) is 0 Å². The molecule has 0 aromatic heterocycles. The van der Waals surface area contributed by atoms with E-state index in [2.05, 4.69) is 26.0 Å². The van der Waals surface area contributed by atoms with Gasteiger partial charge in [-0.1, -0.05) is 61.4 Å². The predicted octanol–water partition coefficient (Wildman–Crippen LogP) is 5.51. The van der Waals surface area contributed by atoms with Crippen molar-refractivity contribution in [3.63, 3.8) is 0 Å². The van der Waals surface area contributed by atoms with E-state index in [1.165, 1.54) is 0 Å². The number of carbonyl (C=O) groups excluding carboxylic acids is 2. The highest BCUT2D eigenvalue weighted by Gasteiger charge is 2.62. The summed E-state index contributed by atoms with van der Waals surface area (Å²) in [6, 6.07) is 11.5. The maximum absolute atomic E-state index is 13.3. The zero-order chi connectivity index (χ0) is 22.5. The Kier molecular flexibility index (Phi) is 5.28. The smallest absolute Gasteiger partial charge is 0.315 e. The number of benzene rings is 2. The fourth-order valence-electron chi connectivity index (χ4n) is 5.34. The van der Waals surface area contributed by atoms with Crippen molar-refractivity contribution in [3.8, 4) is 11.5 Å². The van der Waals surface area contributed by atoms with Gasteiger partial charge in [-0.25, -0.2) is 0 Å². The van der Waals surface area contributed by atoms with E-state index in [0.29, 0.717) is 11.5 Å². The van der Waals surface area contributed by atoms with Crippen molar-refractivity contribution in [1.82, 2.24) is 0 Å². The largest absolute Gasteiger partial charge is 0.426 e. The van der Waals surface area contributed by atoms with Crippen LogP contribution in [0.2, 0.25) is 0 Å². The molecule has 4 atom stereocenters. The minimum absolute atomic E-state index is 0.0626. The van der Waals surface area contributed by atoms with Gasteiger partial charge in [0.15, 0.2) is 0 Å². The number of rotatable bonds is 4. The molecular weight excluding hydrogens is 388 g/mol. The van der Waals surface area contributed by atoms with Crippen LogP contribution in [0.3, 0.4) is 0 Å². The fourth-order valence-corrected chi connectivity index (χ4v) is 5.34. The van der Waals surface area contributed by atoms with Gasteiger partial charge in [-0.3, -0.25) is 9.59 Å². The van der Waals surface area contributed by atoms with Gasteiger partial charge < -0.3 is 9.47 Å². The first-order valence-corrected chi connectivity index (χ1v) is 10.9. The summed E-state index contributed by atoms with van der Waals surface area (Å²) in [6.45, 7) is 12.1. The number of ether oxygens (including phenoxy) is 2. The van der Waals surface area contributed by atoms with Gasteiger partial charge in [0, 0.05) is 0 Å². The Morgan fingerprint density at radius 3 is 1.45 bits per heavy atom. The van der Waals surface area contributed by atoms with Crippen molar-refractivity contribution < 1.29 is 19.1 Å². The van der Waals surface area contributed by atoms with Crippen LogP contribution in [0, 0.1) is 56.8 Å². The van der Waals surface area contributed by atoms with Gasteiger partial charge in [0.2, 0.25) is 0 Å². The lowest BCUT2D eigenvalue weighted by molar-refractivity contribution is -0.151. The molecule has 31 heavy (non-hydrogen) atoms. The standard InChI is InChI=1S/C27H30O4/c1-15-7-11-21(17(3)13-15)30-25(28)23-19-9-10-20(27(19,5)6)24(23)26(29)31-22-12-8-16(2)14-18(22)4/h7-14,19-20,23-24H,1-6H3. The van der Waals surface area contributed by atoms with E-state index in [0.717, 1.165) is 22.3 Å². The number of carbonyl (C=O) groups is 2. The third-order valence-corrected chi connectivity index (χ3v) is 7.03. The third kappa shape index (κ3) is 3.69. The molecule has 0 N–H and O–H groups in total. The molecule has 0 radical (unpaired) electrons. The Hall–Kier alpha value is -2.88. The number of aryl methyl sites for hydroxylation is 4. The molecule has 2 bridgehead atoms.